The van der Waals surface area contributed by atoms with Crippen LogP contribution in [0.1, 0.15) is 20.9 Å². The van der Waals surface area contributed by atoms with Crippen LogP contribution < -0.4 is 10.2 Å². The van der Waals surface area contributed by atoms with E-state index in [1.807, 2.05) is 0 Å². The maximum absolute atomic E-state index is 13.3. The highest BCUT2D eigenvalue weighted by atomic mass is 19.1. The van der Waals surface area contributed by atoms with Crippen LogP contribution in [0, 0.1) is 5.82 Å². The molecule has 0 amide bonds. The fourth-order valence-electron chi connectivity index (χ4n) is 2.38. The zero-order valence-electron chi connectivity index (χ0n) is 13.7. The number of rotatable bonds is 5. The van der Waals surface area contributed by atoms with Gasteiger partial charge in [0, 0.05) is 6.07 Å². The zero-order valence-corrected chi connectivity index (χ0v) is 13.7. The molecule has 0 aliphatic rings. The minimum absolute atomic E-state index is 0.0553. The van der Waals surface area contributed by atoms with E-state index in [0.29, 0.717) is 5.39 Å². The molecule has 1 aromatic heterocycles. The Balaban J connectivity index is 1.78. The monoisotopic (exact) mass is 356 g/mol. The van der Waals surface area contributed by atoms with Crippen molar-refractivity contribution < 1.29 is 27.9 Å². The summed E-state index contributed by atoms with van der Waals surface area (Å²) in [5, 5.41) is 0.324. The summed E-state index contributed by atoms with van der Waals surface area (Å²) in [6, 6.07) is 10.9. The molecule has 0 N–H and O–H groups in total. The Bertz CT molecular complexity index is 1050. The second kappa shape index (κ2) is 7.18. The van der Waals surface area contributed by atoms with Crippen LogP contribution in [0.5, 0.6) is 5.75 Å². The number of ketones is 1. The van der Waals surface area contributed by atoms with Crippen molar-refractivity contribution in [1.29, 1.82) is 0 Å². The van der Waals surface area contributed by atoms with Crippen molar-refractivity contribution in [2.75, 3.05) is 13.7 Å². The van der Waals surface area contributed by atoms with Gasteiger partial charge in [-0.15, -0.1) is 0 Å². The van der Waals surface area contributed by atoms with Gasteiger partial charge in [0.05, 0.1) is 18.1 Å². The molecule has 3 rings (SSSR count). The van der Waals surface area contributed by atoms with Crippen LogP contribution in [-0.4, -0.2) is 25.5 Å². The standard InChI is InChI=1S/C19H13FO6/c1-24-16-7-6-11(20)8-13(16)15(22)10-25-19(23)18-9-14(21)12-4-2-3-5-17(12)26-18/h2-9H,10H2,1H3. The molecule has 1 heterocycles. The number of para-hydroxylation sites is 1. The van der Waals surface area contributed by atoms with Crippen molar-refractivity contribution >= 4 is 22.7 Å². The van der Waals surface area contributed by atoms with Gasteiger partial charge in [0.1, 0.15) is 17.1 Å². The maximum Gasteiger partial charge on any atom is 0.374 e. The molecule has 0 aliphatic heterocycles. The number of esters is 1. The van der Waals surface area contributed by atoms with E-state index < -0.39 is 29.6 Å². The number of hydrogen-bond donors (Lipinski definition) is 0. The zero-order chi connectivity index (χ0) is 18.7. The average molecular weight is 356 g/mol. The van der Waals surface area contributed by atoms with Crippen LogP contribution in [0.15, 0.2) is 57.7 Å². The Labute approximate surface area is 146 Å². The Hall–Kier alpha value is -3.48. The van der Waals surface area contributed by atoms with Gasteiger partial charge in [-0.2, -0.15) is 0 Å². The highest BCUT2D eigenvalue weighted by molar-refractivity contribution is 6.01. The number of fused-ring (bicyclic) bond motifs is 1. The molecule has 0 radical (unpaired) electrons. The highest BCUT2D eigenvalue weighted by Gasteiger charge is 2.18. The topological polar surface area (TPSA) is 82.8 Å². The minimum Gasteiger partial charge on any atom is -0.496 e. The van der Waals surface area contributed by atoms with Crippen molar-refractivity contribution in [3.8, 4) is 5.75 Å². The van der Waals surface area contributed by atoms with Crippen LogP contribution >= 0.6 is 0 Å². The van der Waals surface area contributed by atoms with Gasteiger partial charge in [0.15, 0.2) is 12.0 Å². The first-order chi connectivity index (χ1) is 12.5. The van der Waals surface area contributed by atoms with E-state index in [1.54, 1.807) is 18.2 Å². The number of benzene rings is 2. The Morgan fingerprint density at radius 2 is 1.88 bits per heavy atom. The lowest BCUT2D eigenvalue weighted by molar-refractivity contribution is 0.0443. The molecule has 0 aliphatic carbocycles. The molecule has 132 valence electrons. The Kier molecular flexibility index (Phi) is 4.79. The lowest BCUT2D eigenvalue weighted by Gasteiger charge is -2.08. The van der Waals surface area contributed by atoms with E-state index >= 15 is 0 Å². The molecule has 6 nitrogen and oxygen atoms in total. The number of carbonyl (C=O) groups excluding carboxylic acids is 2. The van der Waals surface area contributed by atoms with E-state index in [1.165, 1.54) is 19.2 Å². The first-order valence-electron chi connectivity index (χ1n) is 7.56. The smallest absolute Gasteiger partial charge is 0.374 e. The number of halogens is 1. The predicted molar refractivity (Wildman–Crippen MR) is 90.0 cm³/mol. The second-order valence-electron chi connectivity index (χ2n) is 5.31. The normalized spacial score (nSPS) is 10.5. The summed E-state index contributed by atoms with van der Waals surface area (Å²) in [5.74, 6) is -2.42. The van der Waals surface area contributed by atoms with E-state index in [9.17, 15) is 18.8 Å². The van der Waals surface area contributed by atoms with Gasteiger partial charge in [-0.3, -0.25) is 9.59 Å². The molecule has 2 aromatic carbocycles. The van der Waals surface area contributed by atoms with Crippen LogP contribution in [0.4, 0.5) is 4.39 Å². The van der Waals surface area contributed by atoms with Gasteiger partial charge in [0.2, 0.25) is 11.5 Å². The molecule has 0 fully saturated rings. The molecular weight excluding hydrogens is 343 g/mol. The Morgan fingerprint density at radius 1 is 1.12 bits per heavy atom. The lowest BCUT2D eigenvalue weighted by Crippen LogP contribution is -2.16. The molecule has 0 bridgehead atoms. The van der Waals surface area contributed by atoms with Crippen LogP contribution in [0.25, 0.3) is 11.0 Å². The predicted octanol–water partition coefficient (Wildman–Crippen LogP) is 2.98. The van der Waals surface area contributed by atoms with Crippen molar-refractivity contribution in [1.82, 2.24) is 0 Å². The van der Waals surface area contributed by atoms with Gasteiger partial charge >= 0.3 is 5.97 Å². The molecule has 3 aromatic rings. The quantitative estimate of drug-likeness (QED) is 0.516. The average Bonchev–Trinajstić information content (AvgIpc) is 2.65. The van der Waals surface area contributed by atoms with Crippen LogP contribution in [0.2, 0.25) is 0 Å². The summed E-state index contributed by atoms with van der Waals surface area (Å²) in [5.41, 5.74) is -0.234. The number of methoxy groups -OCH3 is 1. The van der Waals surface area contributed by atoms with Crippen molar-refractivity contribution in [2.45, 2.75) is 0 Å². The fourth-order valence-corrected chi connectivity index (χ4v) is 2.38. The molecule has 7 heteroatoms. The summed E-state index contributed by atoms with van der Waals surface area (Å²) in [4.78, 5) is 36.3. The molecule has 0 saturated heterocycles. The van der Waals surface area contributed by atoms with Crippen molar-refractivity contribution in [2.24, 2.45) is 0 Å². The van der Waals surface area contributed by atoms with Gasteiger partial charge in [0.25, 0.3) is 0 Å². The minimum atomic E-state index is -0.975. The summed E-state index contributed by atoms with van der Waals surface area (Å²) >= 11 is 0. The van der Waals surface area contributed by atoms with Gasteiger partial charge in [-0.1, -0.05) is 12.1 Å². The molecule has 0 unspecified atom stereocenters. The molecule has 0 spiro atoms. The summed E-state index contributed by atoms with van der Waals surface area (Å²) in [6.07, 6.45) is 0. The van der Waals surface area contributed by atoms with Gasteiger partial charge in [-0.05, 0) is 30.3 Å². The highest BCUT2D eigenvalue weighted by Crippen LogP contribution is 2.20. The van der Waals surface area contributed by atoms with E-state index in [4.69, 9.17) is 13.9 Å². The SMILES string of the molecule is COc1ccc(F)cc1C(=O)COC(=O)c1cc(=O)c2ccccc2o1. The van der Waals surface area contributed by atoms with Crippen molar-refractivity contribution in [3.05, 3.63) is 75.9 Å². The molecular formula is C19H13FO6. The third-order valence-corrected chi connectivity index (χ3v) is 3.63. The molecule has 26 heavy (non-hydrogen) atoms. The third kappa shape index (κ3) is 3.46. The van der Waals surface area contributed by atoms with Gasteiger partial charge < -0.3 is 13.9 Å². The molecule has 0 atom stereocenters. The third-order valence-electron chi connectivity index (χ3n) is 3.63. The largest absolute Gasteiger partial charge is 0.496 e. The van der Waals surface area contributed by atoms with E-state index in [0.717, 1.165) is 18.2 Å². The summed E-state index contributed by atoms with van der Waals surface area (Å²) in [6.45, 7) is -0.658. The van der Waals surface area contributed by atoms with E-state index in [-0.39, 0.29) is 22.7 Å². The first kappa shape index (κ1) is 17.3. The number of carbonyl (C=O) groups is 2. The van der Waals surface area contributed by atoms with Crippen LogP contribution in [0.3, 0.4) is 0 Å². The first-order valence-corrected chi connectivity index (χ1v) is 7.56. The molecule has 0 saturated carbocycles. The Morgan fingerprint density at radius 3 is 2.65 bits per heavy atom. The van der Waals surface area contributed by atoms with Crippen LogP contribution in [-0.2, 0) is 4.74 Å². The summed E-state index contributed by atoms with van der Waals surface area (Å²) in [7, 11) is 1.33. The lowest BCUT2D eigenvalue weighted by atomic mass is 10.1. The number of ether oxygens (including phenoxy) is 2. The maximum atomic E-state index is 13.3. The summed E-state index contributed by atoms with van der Waals surface area (Å²) < 4.78 is 28.5. The second-order valence-corrected chi connectivity index (χ2v) is 5.31. The van der Waals surface area contributed by atoms with Gasteiger partial charge in [-0.25, -0.2) is 9.18 Å². The number of Topliss-reactive ketones (excluding diaryl/α,β-unsaturated/α-hetero) is 1. The van der Waals surface area contributed by atoms with Crippen molar-refractivity contribution in [3.63, 3.8) is 0 Å². The number of hydrogen-bond acceptors (Lipinski definition) is 6. The van der Waals surface area contributed by atoms with E-state index in [2.05, 4.69) is 0 Å². The fraction of sp³-hybridized carbons (Fsp3) is 0.105.